The average molecular weight is 171 g/mol. The lowest BCUT2D eigenvalue weighted by Crippen LogP contribution is -2.63. The maximum Gasteiger partial charge on any atom is 0.330 e. The van der Waals surface area contributed by atoms with E-state index in [1.165, 1.54) is 0 Å². The normalized spacial score (nSPS) is 24.3. The van der Waals surface area contributed by atoms with Crippen LogP contribution >= 0.6 is 0 Å². The molecule has 0 bridgehead atoms. The van der Waals surface area contributed by atoms with E-state index in [-0.39, 0.29) is 6.54 Å². The molecule has 0 aromatic rings. The lowest BCUT2D eigenvalue weighted by Gasteiger charge is -2.26. The molecule has 1 fully saturated rings. The molecule has 0 aromatic heterocycles. The molecule has 0 aromatic carbocycles. The van der Waals surface area contributed by atoms with Crippen LogP contribution in [0.25, 0.3) is 0 Å². The number of nitrogens with zero attached hydrogens (tertiary/aromatic N) is 1. The van der Waals surface area contributed by atoms with Crippen molar-refractivity contribution in [2.24, 2.45) is 5.73 Å². The molecule has 66 valence electrons. The number of nitrogens with two attached hydrogens (primary N) is 1. The largest absolute Gasteiger partial charge is 0.330 e. The zero-order valence-corrected chi connectivity index (χ0v) is 6.53. The summed E-state index contributed by atoms with van der Waals surface area (Å²) < 4.78 is 0. The van der Waals surface area contributed by atoms with Gasteiger partial charge in [-0.1, -0.05) is 0 Å². The first-order valence-corrected chi connectivity index (χ1v) is 3.49. The molecule has 6 heteroatoms. The Balaban J connectivity index is 2.86. The van der Waals surface area contributed by atoms with Crippen LogP contribution < -0.4 is 11.1 Å². The number of rotatable bonds is 1. The van der Waals surface area contributed by atoms with E-state index in [9.17, 15) is 14.4 Å². The summed E-state index contributed by atoms with van der Waals surface area (Å²) in [6, 6.07) is -1.95. The van der Waals surface area contributed by atoms with Crippen LogP contribution in [0.1, 0.15) is 6.92 Å². The van der Waals surface area contributed by atoms with Gasteiger partial charge in [0.05, 0.1) is 0 Å². The van der Waals surface area contributed by atoms with Gasteiger partial charge in [0.25, 0.3) is 11.8 Å². The average Bonchev–Trinajstić information content (AvgIpc) is 2.01. The monoisotopic (exact) mass is 171 g/mol. The van der Waals surface area contributed by atoms with E-state index in [4.69, 9.17) is 5.73 Å². The fraction of sp³-hybridized carbons (Fsp3) is 0.500. The summed E-state index contributed by atoms with van der Waals surface area (Å²) >= 11 is 0. The van der Waals surface area contributed by atoms with E-state index in [0.29, 0.717) is 0 Å². The van der Waals surface area contributed by atoms with Crippen molar-refractivity contribution >= 4 is 17.8 Å². The number of nitrogens with one attached hydrogen (secondary N) is 1. The van der Waals surface area contributed by atoms with Gasteiger partial charge in [0.2, 0.25) is 0 Å². The van der Waals surface area contributed by atoms with Gasteiger partial charge < -0.3 is 5.73 Å². The molecule has 1 atom stereocenters. The van der Waals surface area contributed by atoms with Gasteiger partial charge in [-0.3, -0.25) is 19.8 Å². The SMILES string of the molecule is CCN1C(=O)NC(=O)C(N)C1=O. The van der Waals surface area contributed by atoms with Gasteiger partial charge >= 0.3 is 6.03 Å². The third-order valence-corrected chi connectivity index (χ3v) is 1.61. The molecule has 0 radical (unpaired) electrons. The van der Waals surface area contributed by atoms with Crippen molar-refractivity contribution in [3.8, 4) is 0 Å². The van der Waals surface area contributed by atoms with Crippen molar-refractivity contribution in [2.75, 3.05) is 6.54 Å². The Labute approximate surface area is 68.7 Å². The molecule has 3 N–H and O–H groups in total. The number of amides is 4. The van der Waals surface area contributed by atoms with Crippen LogP contribution in [0.4, 0.5) is 4.79 Å². The maximum absolute atomic E-state index is 11.1. The van der Waals surface area contributed by atoms with Crippen LogP contribution in [0.5, 0.6) is 0 Å². The maximum atomic E-state index is 11.1. The number of imide groups is 2. The zero-order valence-electron chi connectivity index (χ0n) is 6.53. The fourth-order valence-corrected chi connectivity index (χ4v) is 0.930. The van der Waals surface area contributed by atoms with Gasteiger partial charge in [-0.25, -0.2) is 4.79 Å². The summed E-state index contributed by atoms with van der Waals surface area (Å²) in [5.74, 6) is -1.39. The van der Waals surface area contributed by atoms with Crippen molar-refractivity contribution < 1.29 is 14.4 Å². The Morgan fingerprint density at radius 1 is 1.50 bits per heavy atom. The molecule has 0 aliphatic carbocycles. The molecule has 6 nitrogen and oxygen atoms in total. The van der Waals surface area contributed by atoms with Crippen LogP contribution in [-0.2, 0) is 9.59 Å². The highest BCUT2D eigenvalue weighted by Crippen LogP contribution is 2.00. The van der Waals surface area contributed by atoms with Gasteiger partial charge in [-0.15, -0.1) is 0 Å². The summed E-state index contributed by atoms with van der Waals surface area (Å²) in [5.41, 5.74) is 5.19. The molecule has 12 heavy (non-hydrogen) atoms. The first kappa shape index (κ1) is 8.66. The molecular weight excluding hydrogens is 162 g/mol. The Kier molecular flexibility index (Phi) is 2.09. The summed E-state index contributed by atoms with van der Waals surface area (Å²) in [7, 11) is 0. The van der Waals surface area contributed by atoms with E-state index in [1.54, 1.807) is 6.92 Å². The van der Waals surface area contributed by atoms with Gasteiger partial charge in [-0.05, 0) is 6.92 Å². The summed E-state index contributed by atoms with van der Waals surface area (Å²) in [4.78, 5) is 33.7. The first-order chi connectivity index (χ1) is 5.57. The first-order valence-electron chi connectivity index (χ1n) is 3.49. The van der Waals surface area contributed by atoms with Crippen LogP contribution in [0, 0.1) is 0 Å². The van der Waals surface area contributed by atoms with Gasteiger partial charge in [0.15, 0.2) is 6.04 Å². The molecule has 4 amide bonds. The fourth-order valence-electron chi connectivity index (χ4n) is 0.930. The summed E-state index contributed by atoms with van der Waals surface area (Å²) in [6.45, 7) is 1.84. The van der Waals surface area contributed by atoms with Gasteiger partial charge in [0, 0.05) is 6.54 Å². The molecule has 1 saturated heterocycles. The van der Waals surface area contributed by atoms with E-state index >= 15 is 0 Å². The van der Waals surface area contributed by atoms with Gasteiger partial charge in [-0.2, -0.15) is 0 Å². The van der Waals surface area contributed by atoms with E-state index in [0.717, 1.165) is 4.90 Å². The second kappa shape index (κ2) is 2.90. The predicted molar refractivity (Wildman–Crippen MR) is 38.9 cm³/mol. The standard InChI is InChI=1S/C6H9N3O3/c1-2-9-5(11)3(7)4(10)8-6(9)12/h3H,2,7H2,1H3,(H,8,10,12). The minimum Gasteiger partial charge on any atom is -0.312 e. The Morgan fingerprint density at radius 2 is 2.08 bits per heavy atom. The van der Waals surface area contributed by atoms with E-state index in [2.05, 4.69) is 0 Å². The minimum absolute atomic E-state index is 0.214. The highest BCUT2D eigenvalue weighted by Gasteiger charge is 2.36. The molecule has 1 aliphatic heterocycles. The second-order valence-electron chi connectivity index (χ2n) is 2.35. The lowest BCUT2D eigenvalue weighted by atomic mass is 10.2. The number of barbiturate groups is 1. The quantitative estimate of drug-likeness (QED) is 0.465. The topological polar surface area (TPSA) is 92.5 Å². The number of likely N-dealkylation sites (N-methyl/N-ethyl adjacent to an activating group) is 1. The zero-order chi connectivity index (χ0) is 9.30. The number of carbonyl (C=O) groups excluding carboxylic acids is 3. The van der Waals surface area contributed by atoms with Crippen LogP contribution in [0.3, 0.4) is 0 Å². The Bertz CT molecular complexity index is 250. The molecule has 0 saturated carbocycles. The summed E-state index contributed by atoms with van der Waals surface area (Å²) in [6.07, 6.45) is 0. The third-order valence-electron chi connectivity index (χ3n) is 1.61. The third kappa shape index (κ3) is 1.16. The second-order valence-corrected chi connectivity index (χ2v) is 2.35. The minimum atomic E-state index is -1.25. The number of hydrogen-bond donors (Lipinski definition) is 2. The smallest absolute Gasteiger partial charge is 0.312 e. The predicted octanol–water partition coefficient (Wildman–Crippen LogP) is -1.59. The van der Waals surface area contributed by atoms with Crippen molar-refractivity contribution in [2.45, 2.75) is 13.0 Å². The molecule has 1 aliphatic rings. The molecular formula is C6H9N3O3. The van der Waals surface area contributed by atoms with Crippen LogP contribution in [0.2, 0.25) is 0 Å². The van der Waals surface area contributed by atoms with Crippen molar-refractivity contribution in [3.63, 3.8) is 0 Å². The number of hydrogen-bond acceptors (Lipinski definition) is 4. The van der Waals surface area contributed by atoms with Gasteiger partial charge in [0.1, 0.15) is 0 Å². The number of carbonyl (C=O) groups is 3. The van der Waals surface area contributed by atoms with Crippen LogP contribution in [0.15, 0.2) is 0 Å². The Morgan fingerprint density at radius 3 is 2.58 bits per heavy atom. The van der Waals surface area contributed by atoms with Crippen LogP contribution in [-0.4, -0.2) is 35.3 Å². The molecule has 1 unspecified atom stereocenters. The van der Waals surface area contributed by atoms with Crippen molar-refractivity contribution in [1.29, 1.82) is 0 Å². The Hall–Kier alpha value is -1.43. The molecule has 1 heterocycles. The van der Waals surface area contributed by atoms with E-state index in [1.807, 2.05) is 5.32 Å². The highest BCUT2D eigenvalue weighted by molar-refractivity contribution is 6.18. The molecule has 0 spiro atoms. The number of urea groups is 1. The molecule has 1 rings (SSSR count). The lowest BCUT2D eigenvalue weighted by molar-refractivity contribution is -0.138. The van der Waals surface area contributed by atoms with E-state index < -0.39 is 23.9 Å². The van der Waals surface area contributed by atoms with Crippen molar-refractivity contribution in [3.05, 3.63) is 0 Å². The summed E-state index contributed by atoms with van der Waals surface area (Å²) in [5, 5.41) is 1.96. The highest BCUT2D eigenvalue weighted by atomic mass is 16.2. The van der Waals surface area contributed by atoms with Crippen molar-refractivity contribution in [1.82, 2.24) is 10.2 Å².